The van der Waals surface area contributed by atoms with Crippen LogP contribution in [0.1, 0.15) is 10.4 Å². The Labute approximate surface area is 127 Å². The van der Waals surface area contributed by atoms with Crippen molar-refractivity contribution in [3.05, 3.63) is 16.8 Å². The van der Waals surface area contributed by atoms with E-state index in [2.05, 4.69) is 25.9 Å². The molecule has 2 aromatic rings. The molecule has 0 N–H and O–H groups in total. The van der Waals surface area contributed by atoms with Crippen molar-refractivity contribution in [3.63, 3.8) is 0 Å². The number of aryl methyl sites for hydroxylation is 2. The van der Waals surface area contributed by atoms with Crippen LogP contribution >= 0.6 is 27.3 Å². The summed E-state index contributed by atoms with van der Waals surface area (Å²) < 4.78 is 38.2. The number of anilines is 1. The van der Waals surface area contributed by atoms with Crippen LogP contribution < -0.4 is 4.90 Å². The first-order valence-electron chi connectivity index (χ1n) is 5.92. The van der Waals surface area contributed by atoms with Gasteiger partial charge in [-0.1, -0.05) is 15.9 Å². The Morgan fingerprint density at radius 2 is 2.00 bits per heavy atom. The minimum atomic E-state index is -4.27. The van der Waals surface area contributed by atoms with Gasteiger partial charge < -0.3 is 4.90 Å². The largest absolute Gasteiger partial charge is 0.405 e. The van der Waals surface area contributed by atoms with Gasteiger partial charge in [0.05, 0.1) is 5.39 Å². The van der Waals surface area contributed by atoms with Gasteiger partial charge in [-0.3, -0.25) is 0 Å². The number of thiophene rings is 1. The molecule has 0 spiro atoms. The number of hydrogen-bond donors (Lipinski definition) is 0. The molecule has 0 aliphatic carbocycles. The van der Waals surface area contributed by atoms with Crippen molar-refractivity contribution in [1.82, 2.24) is 9.97 Å². The smallest absolute Gasteiger partial charge is 0.346 e. The molecule has 0 fully saturated rings. The van der Waals surface area contributed by atoms with E-state index in [1.165, 1.54) is 22.6 Å². The standard InChI is InChI=1S/C12H13BrF3N3S/c1-7-8(2)20-11-9(7)10(17-6-18-11)19(4-3-13)5-12(14,15)16/h6H,3-5H2,1-2H3. The number of nitrogens with zero attached hydrogens (tertiary/aromatic N) is 3. The summed E-state index contributed by atoms with van der Waals surface area (Å²) >= 11 is 4.67. The molecule has 0 radical (unpaired) electrons. The van der Waals surface area contributed by atoms with Crippen molar-refractivity contribution in [2.45, 2.75) is 20.0 Å². The second-order valence-electron chi connectivity index (χ2n) is 4.39. The molecule has 2 rings (SSSR count). The summed E-state index contributed by atoms with van der Waals surface area (Å²) in [4.78, 5) is 11.3. The van der Waals surface area contributed by atoms with E-state index >= 15 is 0 Å². The van der Waals surface area contributed by atoms with E-state index in [0.29, 0.717) is 11.1 Å². The average molecular weight is 368 g/mol. The molecule has 110 valence electrons. The first kappa shape index (κ1) is 15.5. The lowest BCUT2D eigenvalue weighted by Gasteiger charge is -2.24. The Hall–Kier alpha value is -0.890. The summed E-state index contributed by atoms with van der Waals surface area (Å²) in [6.07, 6.45) is -2.94. The second-order valence-corrected chi connectivity index (χ2v) is 6.38. The van der Waals surface area contributed by atoms with Crippen LogP contribution in [0, 0.1) is 13.8 Å². The maximum Gasteiger partial charge on any atom is 0.405 e. The molecule has 20 heavy (non-hydrogen) atoms. The molecule has 0 bridgehead atoms. The topological polar surface area (TPSA) is 29.0 Å². The number of hydrogen-bond acceptors (Lipinski definition) is 4. The summed E-state index contributed by atoms with van der Waals surface area (Å²) in [5, 5.41) is 1.16. The molecule has 2 heterocycles. The van der Waals surface area contributed by atoms with Gasteiger partial charge in [0.2, 0.25) is 0 Å². The zero-order chi connectivity index (χ0) is 14.9. The maximum atomic E-state index is 12.7. The van der Waals surface area contributed by atoms with Crippen LogP contribution in [0.15, 0.2) is 6.33 Å². The number of aromatic nitrogens is 2. The molecule has 0 aliphatic heterocycles. The van der Waals surface area contributed by atoms with Crippen LogP contribution in [0.5, 0.6) is 0 Å². The SMILES string of the molecule is Cc1sc2ncnc(N(CCBr)CC(F)(F)F)c2c1C. The summed E-state index contributed by atoms with van der Waals surface area (Å²) in [5.41, 5.74) is 0.947. The summed E-state index contributed by atoms with van der Waals surface area (Å²) in [6.45, 7) is 3.05. The van der Waals surface area contributed by atoms with Gasteiger partial charge in [-0.05, 0) is 19.4 Å². The third kappa shape index (κ3) is 3.22. The normalized spacial score (nSPS) is 12.1. The van der Waals surface area contributed by atoms with Crippen LogP contribution in [-0.4, -0.2) is 34.6 Å². The van der Waals surface area contributed by atoms with Gasteiger partial charge >= 0.3 is 6.18 Å². The molecular formula is C12H13BrF3N3S. The van der Waals surface area contributed by atoms with Crippen molar-refractivity contribution < 1.29 is 13.2 Å². The first-order valence-corrected chi connectivity index (χ1v) is 7.85. The van der Waals surface area contributed by atoms with Gasteiger partial charge in [-0.25, -0.2) is 9.97 Å². The maximum absolute atomic E-state index is 12.7. The average Bonchev–Trinajstić information content (AvgIpc) is 2.63. The van der Waals surface area contributed by atoms with Crippen molar-refractivity contribution in [2.75, 3.05) is 23.3 Å². The molecule has 0 atom stereocenters. The van der Waals surface area contributed by atoms with E-state index in [9.17, 15) is 13.2 Å². The molecule has 2 aromatic heterocycles. The van der Waals surface area contributed by atoms with Gasteiger partial charge in [0.25, 0.3) is 0 Å². The fourth-order valence-electron chi connectivity index (χ4n) is 1.98. The fourth-order valence-corrected chi connectivity index (χ4v) is 3.40. The third-order valence-electron chi connectivity index (χ3n) is 2.97. The summed E-state index contributed by atoms with van der Waals surface area (Å²) in [7, 11) is 0. The lowest BCUT2D eigenvalue weighted by molar-refractivity contribution is -0.119. The van der Waals surface area contributed by atoms with Crippen LogP contribution in [-0.2, 0) is 0 Å². The van der Waals surface area contributed by atoms with E-state index in [1.807, 2.05) is 13.8 Å². The molecule has 8 heteroatoms. The second kappa shape index (κ2) is 5.85. The number of alkyl halides is 4. The van der Waals surface area contributed by atoms with E-state index in [4.69, 9.17) is 0 Å². The highest BCUT2D eigenvalue weighted by Crippen LogP contribution is 2.35. The van der Waals surface area contributed by atoms with Crippen LogP contribution in [0.25, 0.3) is 10.2 Å². The Morgan fingerprint density at radius 1 is 1.30 bits per heavy atom. The number of halogens is 4. The van der Waals surface area contributed by atoms with Crippen LogP contribution in [0.2, 0.25) is 0 Å². The molecular weight excluding hydrogens is 355 g/mol. The lowest BCUT2D eigenvalue weighted by Crippen LogP contribution is -2.36. The van der Waals surface area contributed by atoms with E-state index in [1.54, 1.807) is 0 Å². The minimum absolute atomic E-state index is 0.236. The Kier molecular flexibility index (Phi) is 4.53. The number of rotatable bonds is 4. The molecule has 0 aliphatic rings. The van der Waals surface area contributed by atoms with Crippen LogP contribution in [0.3, 0.4) is 0 Å². The van der Waals surface area contributed by atoms with Crippen LogP contribution in [0.4, 0.5) is 19.0 Å². The van der Waals surface area contributed by atoms with E-state index in [-0.39, 0.29) is 6.54 Å². The fraction of sp³-hybridized carbons (Fsp3) is 0.500. The highest BCUT2D eigenvalue weighted by Gasteiger charge is 2.32. The lowest BCUT2D eigenvalue weighted by atomic mass is 10.2. The molecule has 0 unspecified atom stereocenters. The van der Waals surface area contributed by atoms with E-state index < -0.39 is 12.7 Å². The molecule has 0 aromatic carbocycles. The predicted molar refractivity (Wildman–Crippen MR) is 79.0 cm³/mol. The minimum Gasteiger partial charge on any atom is -0.346 e. The highest BCUT2D eigenvalue weighted by atomic mass is 79.9. The van der Waals surface area contributed by atoms with E-state index in [0.717, 1.165) is 20.7 Å². The Bertz CT molecular complexity index is 612. The number of fused-ring (bicyclic) bond motifs is 1. The molecule has 0 amide bonds. The van der Waals surface area contributed by atoms with Crippen molar-refractivity contribution in [1.29, 1.82) is 0 Å². The van der Waals surface area contributed by atoms with Gasteiger partial charge in [-0.2, -0.15) is 13.2 Å². The third-order valence-corrected chi connectivity index (χ3v) is 4.44. The molecule has 0 saturated heterocycles. The quantitative estimate of drug-likeness (QED) is 0.762. The van der Waals surface area contributed by atoms with Crippen molar-refractivity contribution >= 4 is 43.3 Å². The van der Waals surface area contributed by atoms with Crippen molar-refractivity contribution in [3.8, 4) is 0 Å². The van der Waals surface area contributed by atoms with Gasteiger partial charge in [0.1, 0.15) is 23.5 Å². The molecule has 3 nitrogen and oxygen atoms in total. The van der Waals surface area contributed by atoms with Gasteiger partial charge in [0, 0.05) is 16.8 Å². The monoisotopic (exact) mass is 367 g/mol. The zero-order valence-corrected chi connectivity index (χ0v) is 13.4. The summed E-state index contributed by atoms with van der Waals surface area (Å²) in [5.74, 6) is 0.355. The molecule has 0 saturated carbocycles. The van der Waals surface area contributed by atoms with Gasteiger partial charge in [-0.15, -0.1) is 11.3 Å². The first-order chi connectivity index (χ1) is 9.33. The Balaban J connectivity index is 2.52. The van der Waals surface area contributed by atoms with Crippen molar-refractivity contribution in [2.24, 2.45) is 0 Å². The Morgan fingerprint density at radius 3 is 2.60 bits per heavy atom. The predicted octanol–water partition coefficient (Wildman–Crippen LogP) is 4.07. The summed E-state index contributed by atoms with van der Waals surface area (Å²) in [6, 6.07) is 0. The van der Waals surface area contributed by atoms with Gasteiger partial charge in [0.15, 0.2) is 0 Å². The highest BCUT2D eigenvalue weighted by molar-refractivity contribution is 9.09. The zero-order valence-electron chi connectivity index (χ0n) is 11.0.